The van der Waals surface area contributed by atoms with E-state index >= 15 is 0 Å². The summed E-state index contributed by atoms with van der Waals surface area (Å²) in [5.74, 6) is 1.33. The van der Waals surface area contributed by atoms with E-state index in [2.05, 4.69) is 28.0 Å². The third-order valence-corrected chi connectivity index (χ3v) is 3.23. The maximum Gasteiger partial charge on any atom is 0.129 e. The van der Waals surface area contributed by atoms with Gasteiger partial charge < -0.3 is 4.90 Å². The largest absolute Gasteiger partial charge is 0.306 e. The van der Waals surface area contributed by atoms with Gasteiger partial charge >= 0.3 is 0 Å². The van der Waals surface area contributed by atoms with E-state index in [9.17, 15) is 0 Å². The zero-order valence-corrected chi connectivity index (χ0v) is 10.3. The topological polar surface area (TPSA) is 52.8 Å². The summed E-state index contributed by atoms with van der Waals surface area (Å²) in [7, 11) is 2.16. The van der Waals surface area contributed by atoms with Crippen molar-refractivity contribution in [1.29, 1.82) is 5.26 Å². The van der Waals surface area contributed by atoms with Crippen LogP contribution in [0.25, 0.3) is 0 Å². The summed E-state index contributed by atoms with van der Waals surface area (Å²) in [6.07, 6.45) is 5.42. The summed E-state index contributed by atoms with van der Waals surface area (Å²) in [4.78, 5) is 11.1. The lowest BCUT2D eigenvalue weighted by molar-refractivity contribution is 0.248. The van der Waals surface area contributed by atoms with Crippen LogP contribution in [0.4, 0.5) is 0 Å². The first kappa shape index (κ1) is 12.0. The lowest BCUT2D eigenvalue weighted by Gasteiger charge is -2.29. The third kappa shape index (κ3) is 3.24. The molecular weight excluding hydrogens is 212 g/mol. The first-order valence-electron chi connectivity index (χ1n) is 6.17. The Morgan fingerprint density at radius 2 is 2.47 bits per heavy atom. The summed E-state index contributed by atoms with van der Waals surface area (Å²) in [5, 5.41) is 8.57. The van der Waals surface area contributed by atoms with E-state index in [1.165, 1.54) is 19.4 Å². The van der Waals surface area contributed by atoms with Crippen LogP contribution in [0.1, 0.15) is 36.7 Å². The molecule has 4 nitrogen and oxygen atoms in total. The molecule has 1 saturated heterocycles. The number of nitrogens with zero attached hydrogens (tertiary/aromatic N) is 4. The van der Waals surface area contributed by atoms with Gasteiger partial charge in [-0.3, -0.25) is 0 Å². The molecule has 90 valence electrons. The van der Waals surface area contributed by atoms with Gasteiger partial charge in [0.15, 0.2) is 0 Å². The predicted octanol–water partition coefficient (Wildman–Crippen LogP) is 1.74. The molecule has 0 bridgehead atoms. The molecule has 0 saturated carbocycles. The van der Waals surface area contributed by atoms with Crippen molar-refractivity contribution < 1.29 is 0 Å². The van der Waals surface area contributed by atoms with E-state index in [1.807, 2.05) is 12.3 Å². The van der Waals surface area contributed by atoms with E-state index in [4.69, 9.17) is 5.26 Å². The van der Waals surface area contributed by atoms with E-state index < -0.39 is 0 Å². The maximum absolute atomic E-state index is 8.57. The summed E-state index contributed by atoms with van der Waals surface area (Å²) < 4.78 is 0. The first-order valence-corrected chi connectivity index (χ1v) is 6.17. The molecule has 1 atom stereocenters. The lowest BCUT2D eigenvalue weighted by atomic mass is 9.95. The van der Waals surface area contributed by atoms with Crippen molar-refractivity contribution in [3.05, 3.63) is 23.8 Å². The Balaban J connectivity index is 2.07. The molecule has 1 aliphatic heterocycles. The molecule has 4 heteroatoms. The van der Waals surface area contributed by atoms with Gasteiger partial charge in [0.05, 0.1) is 6.07 Å². The van der Waals surface area contributed by atoms with Gasteiger partial charge in [0, 0.05) is 37.2 Å². The van der Waals surface area contributed by atoms with Crippen molar-refractivity contribution in [1.82, 2.24) is 14.9 Å². The van der Waals surface area contributed by atoms with Gasteiger partial charge in [0.2, 0.25) is 0 Å². The van der Waals surface area contributed by atoms with Crippen LogP contribution in [-0.2, 0) is 6.42 Å². The van der Waals surface area contributed by atoms with Crippen LogP contribution < -0.4 is 0 Å². The van der Waals surface area contributed by atoms with Gasteiger partial charge in [0.25, 0.3) is 0 Å². The molecule has 0 aromatic carbocycles. The minimum atomic E-state index is 0.494. The number of likely N-dealkylation sites (N-methyl/N-ethyl adjacent to an activating group) is 1. The zero-order valence-electron chi connectivity index (χ0n) is 10.3. The van der Waals surface area contributed by atoms with Crippen molar-refractivity contribution in [2.75, 3.05) is 20.1 Å². The second-order valence-corrected chi connectivity index (χ2v) is 4.66. The van der Waals surface area contributed by atoms with E-state index in [0.29, 0.717) is 18.8 Å². The maximum atomic E-state index is 8.57. The Morgan fingerprint density at radius 1 is 1.59 bits per heavy atom. The average Bonchev–Trinajstić information content (AvgIpc) is 2.37. The molecule has 0 N–H and O–H groups in total. The van der Waals surface area contributed by atoms with Crippen molar-refractivity contribution in [2.45, 2.75) is 31.6 Å². The number of rotatable bonds is 3. The fraction of sp³-hybridized carbons (Fsp3) is 0.615. The smallest absolute Gasteiger partial charge is 0.129 e. The fourth-order valence-corrected chi connectivity index (χ4v) is 2.34. The van der Waals surface area contributed by atoms with Crippen LogP contribution in [0, 0.1) is 11.3 Å². The average molecular weight is 230 g/mol. The fourth-order valence-electron chi connectivity index (χ4n) is 2.34. The van der Waals surface area contributed by atoms with Crippen LogP contribution in [0.5, 0.6) is 0 Å². The molecule has 0 spiro atoms. The normalized spacial score (nSPS) is 21.1. The van der Waals surface area contributed by atoms with Crippen molar-refractivity contribution >= 4 is 0 Å². The summed E-state index contributed by atoms with van der Waals surface area (Å²) in [6.45, 7) is 2.26. The van der Waals surface area contributed by atoms with Gasteiger partial charge in [-0.05, 0) is 32.5 Å². The van der Waals surface area contributed by atoms with E-state index in [1.54, 1.807) is 0 Å². The van der Waals surface area contributed by atoms with Gasteiger partial charge in [-0.2, -0.15) is 5.26 Å². The third-order valence-electron chi connectivity index (χ3n) is 3.23. The van der Waals surface area contributed by atoms with Gasteiger partial charge in [0.1, 0.15) is 5.82 Å². The van der Waals surface area contributed by atoms with Gasteiger partial charge in [-0.15, -0.1) is 0 Å². The molecule has 0 aliphatic carbocycles. The Kier molecular flexibility index (Phi) is 4.05. The molecule has 1 aromatic heterocycles. The van der Waals surface area contributed by atoms with Crippen LogP contribution in [0.3, 0.4) is 0 Å². The van der Waals surface area contributed by atoms with Crippen molar-refractivity contribution in [3.63, 3.8) is 0 Å². The molecule has 2 rings (SSSR count). The van der Waals surface area contributed by atoms with Crippen LogP contribution in [0.15, 0.2) is 12.3 Å². The number of hydrogen-bond donors (Lipinski definition) is 0. The number of aryl methyl sites for hydroxylation is 1. The van der Waals surface area contributed by atoms with Crippen molar-refractivity contribution in [3.8, 4) is 6.07 Å². The number of hydrogen-bond acceptors (Lipinski definition) is 4. The second kappa shape index (κ2) is 5.74. The Morgan fingerprint density at radius 3 is 3.24 bits per heavy atom. The van der Waals surface area contributed by atoms with Gasteiger partial charge in [-0.1, -0.05) is 0 Å². The quantitative estimate of drug-likeness (QED) is 0.793. The minimum absolute atomic E-state index is 0.494. The number of piperidine rings is 1. The molecule has 1 fully saturated rings. The highest BCUT2D eigenvalue weighted by Gasteiger charge is 2.20. The highest BCUT2D eigenvalue weighted by atomic mass is 15.1. The highest BCUT2D eigenvalue weighted by Crippen LogP contribution is 2.24. The second-order valence-electron chi connectivity index (χ2n) is 4.66. The molecule has 1 unspecified atom stereocenters. The Bertz CT molecular complexity index is 410. The molecule has 2 heterocycles. The summed E-state index contributed by atoms with van der Waals surface area (Å²) in [6, 6.07) is 4.15. The lowest BCUT2D eigenvalue weighted by Crippen LogP contribution is -2.31. The Labute approximate surface area is 102 Å². The number of aromatic nitrogens is 2. The molecule has 0 radical (unpaired) electrons. The predicted molar refractivity (Wildman–Crippen MR) is 65.4 cm³/mol. The minimum Gasteiger partial charge on any atom is -0.306 e. The van der Waals surface area contributed by atoms with Crippen LogP contribution in [-0.4, -0.2) is 35.0 Å². The summed E-state index contributed by atoms with van der Waals surface area (Å²) in [5.41, 5.74) is 1.14. The van der Waals surface area contributed by atoms with Crippen LogP contribution >= 0.6 is 0 Å². The van der Waals surface area contributed by atoms with Gasteiger partial charge in [-0.25, -0.2) is 9.97 Å². The van der Waals surface area contributed by atoms with Crippen molar-refractivity contribution in [2.24, 2.45) is 0 Å². The van der Waals surface area contributed by atoms with E-state index in [-0.39, 0.29) is 0 Å². The molecule has 17 heavy (non-hydrogen) atoms. The molecule has 1 aliphatic rings. The Hall–Kier alpha value is -1.47. The first-order chi connectivity index (χ1) is 8.29. The van der Waals surface area contributed by atoms with E-state index in [0.717, 1.165) is 18.1 Å². The number of nitriles is 1. The standard InChI is InChI=1S/C13H18N4/c1-17-9-3-4-11(10-17)12-6-8-15-13(16-12)5-2-7-14/h6,8,11H,2-5,9-10H2,1H3. The molecular formula is C13H18N4. The molecule has 0 amide bonds. The zero-order chi connectivity index (χ0) is 12.1. The summed E-state index contributed by atoms with van der Waals surface area (Å²) >= 11 is 0. The van der Waals surface area contributed by atoms with Crippen LogP contribution in [0.2, 0.25) is 0 Å². The highest BCUT2D eigenvalue weighted by molar-refractivity contribution is 5.10. The number of likely N-dealkylation sites (tertiary alicyclic amines) is 1. The monoisotopic (exact) mass is 230 g/mol. The SMILES string of the molecule is CN1CCCC(c2ccnc(CCC#N)n2)C1. The molecule has 1 aromatic rings.